The predicted octanol–water partition coefficient (Wildman–Crippen LogP) is 3.13. The Kier molecular flexibility index (Phi) is 8.01. The zero-order chi connectivity index (χ0) is 14.9. The Morgan fingerprint density at radius 1 is 0.952 bits per heavy atom. The minimum Gasteiger partial charge on any atom is -0.393 e. The Balaban J connectivity index is 1.43. The van der Waals surface area contributed by atoms with E-state index < -0.39 is 6.23 Å². The highest BCUT2D eigenvalue weighted by atomic mass is 16.7. The maximum absolute atomic E-state index is 10.0. The van der Waals surface area contributed by atoms with Crippen molar-refractivity contribution in [2.24, 2.45) is 11.8 Å². The molecule has 0 aromatic rings. The molecule has 4 heteroatoms. The summed E-state index contributed by atoms with van der Waals surface area (Å²) in [6.45, 7) is 0.680. The summed E-state index contributed by atoms with van der Waals surface area (Å²) in [5.74, 6) is 1.17. The molecular formula is C17H33NO3. The van der Waals surface area contributed by atoms with Crippen molar-refractivity contribution >= 4 is 0 Å². The molecule has 3 N–H and O–H groups in total. The van der Waals surface area contributed by atoms with Gasteiger partial charge in [-0.2, -0.15) is 5.48 Å². The second kappa shape index (κ2) is 9.78. The van der Waals surface area contributed by atoms with Gasteiger partial charge in [0.1, 0.15) is 6.23 Å². The van der Waals surface area contributed by atoms with Crippen LogP contribution in [-0.2, 0) is 4.84 Å². The summed E-state index contributed by atoms with van der Waals surface area (Å²) in [4.78, 5) is 5.40. The number of hydrogen-bond acceptors (Lipinski definition) is 4. The third-order valence-electron chi connectivity index (χ3n) is 5.23. The minimum absolute atomic E-state index is 0.172. The van der Waals surface area contributed by atoms with Gasteiger partial charge in [-0.1, -0.05) is 44.9 Å². The van der Waals surface area contributed by atoms with Crippen LogP contribution in [0.2, 0.25) is 0 Å². The molecule has 2 saturated carbocycles. The zero-order valence-electron chi connectivity index (χ0n) is 13.3. The van der Waals surface area contributed by atoms with Crippen LogP contribution < -0.4 is 5.48 Å². The molecule has 0 radical (unpaired) electrons. The van der Waals surface area contributed by atoms with Crippen LogP contribution in [0.4, 0.5) is 0 Å². The van der Waals surface area contributed by atoms with E-state index in [0.717, 1.165) is 38.0 Å². The van der Waals surface area contributed by atoms with Crippen LogP contribution in [-0.4, -0.2) is 29.2 Å². The van der Waals surface area contributed by atoms with Gasteiger partial charge in [-0.15, -0.1) is 0 Å². The number of hydrogen-bond donors (Lipinski definition) is 3. The van der Waals surface area contributed by atoms with Crippen LogP contribution in [0.1, 0.15) is 77.0 Å². The van der Waals surface area contributed by atoms with Gasteiger partial charge >= 0.3 is 0 Å². The van der Waals surface area contributed by atoms with E-state index in [-0.39, 0.29) is 12.0 Å². The highest BCUT2D eigenvalue weighted by Gasteiger charge is 2.25. The van der Waals surface area contributed by atoms with E-state index in [1.165, 1.54) is 44.9 Å². The molecule has 0 amide bonds. The molecule has 0 aliphatic heterocycles. The number of nitrogens with one attached hydrogen (secondary N) is 1. The largest absolute Gasteiger partial charge is 0.393 e. The quantitative estimate of drug-likeness (QED) is 0.366. The maximum atomic E-state index is 10.0. The summed E-state index contributed by atoms with van der Waals surface area (Å²) in [5, 5.41) is 19.5. The molecule has 0 heterocycles. The lowest BCUT2D eigenvalue weighted by Gasteiger charge is -2.29. The molecule has 2 rings (SSSR count). The predicted molar refractivity (Wildman–Crippen MR) is 83.5 cm³/mol. The van der Waals surface area contributed by atoms with Crippen LogP contribution in [0, 0.1) is 11.8 Å². The first-order chi connectivity index (χ1) is 10.3. The average molecular weight is 299 g/mol. The number of aliphatic hydroxyl groups excluding tert-OH is 2. The van der Waals surface area contributed by atoms with Gasteiger partial charge < -0.3 is 10.2 Å². The van der Waals surface area contributed by atoms with Crippen molar-refractivity contribution < 1.29 is 15.1 Å². The van der Waals surface area contributed by atoms with Crippen molar-refractivity contribution in [1.29, 1.82) is 0 Å². The second-order valence-electron chi connectivity index (χ2n) is 6.98. The number of hydroxylamine groups is 1. The van der Waals surface area contributed by atoms with Crippen LogP contribution in [0.15, 0.2) is 0 Å². The summed E-state index contributed by atoms with van der Waals surface area (Å²) in [6.07, 6.45) is 13.3. The first-order valence-corrected chi connectivity index (χ1v) is 8.99. The highest BCUT2D eigenvalue weighted by Crippen LogP contribution is 2.28. The summed E-state index contributed by atoms with van der Waals surface area (Å²) in [7, 11) is 0. The van der Waals surface area contributed by atoms with E-state index in [1.54, 1.807) is 0 Å². The lowest BCUT2D eigenvalue weighted by Crippen LogP contribution is -2.38. The lowest BCUT2D eigenvalue weighted by atomic mass is 9.86. The highest BCUT2D eigenvalue weighted by molar-refractivity contribution is 4.74. The Hall–Kier alpha value is -0.160. The Morgan fingerprint density at radius 3 is 2.38 bits per heavy atom. The van der Waals surface area contributed by atoms with Crippen molar-refractivity contribution in [2.45, 2.75) is 89.4 Å². The monoisotopic (exact) mass is 299 g/mol. The Morgan fingerprint density at radius 2 is 1.67 bits per heavy atom. The van der Waals surface area contributed by atoms with Gasteiger partial charge in [-0.3, -0.25) is 4.84 Å². The van der Waals surface area contributed by atoms with Gasteiger partial charge in [-0.05, 0) is 38.0 Å². The fourth-order valence-electron chi connectivity index (χ4n) is 3.74. The maximum Gasteiger partial charge on any atom is 0.129 e. The molecule has 21 heavy (non-hydrogen) atoms. The second-order valence-corrected chi connectivity index (χ2v) is 6.98. The normalized spacial score (nSPS) is 29.4. The molecule has 0 saturated heterocycles. The molecule has 4 nitrogen and oxygen atoms in total. The van der Waals surface area contributed by atoms with Gasteiger partial charge in [0.05, 0.1) is 12.7 Å². The van der Waals surface area contributed by atoms with Crippen LogP contribution >= 0.6 is 0 Å². The van der Waals surface area contributed by atoms with E-state index >= 15 is 0 Å². The molecule has 0 aromatic carbocycles. The van der Waals surface area contributed by atoms with Crippen LogP contribution in [0.25, 0.3) is 0 Å². The summed E-state index contributed by atoms with van der Waals surface area (Å²) >= 11 is 0. The van der Waals surface area contributed by atoms with E-state index in [9.17, 15) is 10.2 Å². The van der Waals surface area contributed by atoms with Crippen molar-refractivity contribution in [3.05, 3.63) is 0 Å². The fraction of sp³-hybridized carbons (Fsp3) is 1.00. The molecule has 1 unspecified atom stereocenters. The van der Waals surface area contributed by atoms with Gasteiger partial charge in [0, 0.05) is 5.92 Å². The molecule has 0 spiro atoms. The first-order valence-electron chi connectivity index (χ1n) is 8.99. The van der Waals surface area contributed by atoms with E-state index in [2.05, 4.69) is 5.48 Å². The molecule has 0 aromatic heterocycles. The Labute approximate surface area is 129 Å². The van der Waals surface area contributed by atoms with Gasteiger partial charge in [0.2, 0.25) is 0 Å². The minimum atomic E-state index is -0.587. The van der Waals surface area contributed by atoms with Crippen molar-refractivity contribution in [1.82, 2.24) is 5.48 Å². The molecule has 2 aliphatic rings. The topological polar surface area (TPSA) is 61.7 Å². The summed E-state index contributed by atoms with van der Waals surface area (Å²) < 4.78 is 0. The van der Waals surface area contributed by atoms with Crippen LogP contribution in [0.5, 0.6) is 0 Å². The molecule has 2 fully saturated rings. The van der Waals surface area contributed by atoms with E-state index in [0.29, 0.717) is 6.61 Å². The summed E-state index contributed by atoms with van der Waals surface area (Å²) in [5.41, 5.74) is 2.78. The third-order valence-corrected chi connectivity index (χ3v) is 5.23. The van der Waals surface area contributed by atoms with Gasteiger partial charge in [-0.25, -0.2) is 0 Å². The molecule has 124 valence electrons. The first kappa shape index (κ1) is 17.2. The number of aliphatic hydroxyl groups is 2. The van der Waals surface area contributed by atoms with Gasteiger partial charge in [0.15, 0.2) is 0 Å². The standard InChI is InChI=1S/C17H33NO3/c19-16-11-9-15(10-12-16)17(20)18-21-13-5-4-8-14-6-2-1-3-7-14/h14-20H,1-13H2. The molecule has 0 bridgehead atoms. The smallest absolute Gasteiger partial charge is 0.129 e. The molecular weight excluding hydrogens is 266 g/mol. The zero-order valence-corrected chi connectivity index (χ0v) is 13.3. The average Bonchev–Trinajstić information content (AvgIpc) is 2.52. The summed E-state index contributed by atoms with van der Waals surface area (Å²) in [6, 6.07) is 0. The number of unbranched alkanes of at least 4 members (excludes halogenated alkanes) is 1. The van der Waals surface area contributed by atoms with E-state index in [4.69, 9.17) is 4.84 Å². The number of rotatable bonds is 8. The lowest BCUT2D eigenvalue weighted by molar-refractivity contribution is -0.0926. The molecule has 2 aliphatic carbocycles. The van der Waals surface area contributed by atoms with Crippen molar-refractivity contribution in [3.8, 4) is 0 Å². The van der Waals surface area contributed by atoms with Crippen LogP contribution in [0.3, 0.4) is 0 Å². The van der Waals surface area contributed by atoms with E-state index in [1.807, 2.05) is 0 Å². The van der Waals surface area contributed by atoms with Crippen molar-refractivity contribution in [2.75, 3.05) is 6.61 Å². The SMILES string of the molecule is OC1CCC(C(O)NOCCCCC2CCCCC2)CC1. The van der Waals surface area contributed by atoms with Gasteiger partial charge in [0.25, 0.3) is 0 Å². The molecule has 1 atom stereocenters. The Bertz CT molecular complexity index is 261. The van der Waals surface area contributed by atoms with Crippen molar-refractivity contribution in [3.63, 3.8) is 0 Å². The fourth-order valence-corrected chi connectivity index (χ4v) is 3.74. The third kappa shape index (κ3) is 6.64.